The van der Waals surface area contributed by atoms with Crippen molar-refractivity contribution >= 4 is 23.0 Å². The third-order valence-electron chi connectivity index (χ3n) is 5.25. The van der Waals surface area contributed by atoms with Crippen LogP contribution in [0.1, 0.15) is 5.56 Å². The minimum atomic E-state index is -4.52. The molecule has 178 valence electrons. The van der Waals surface area contributed by atoms with E-state index in [2.05, 4.69) is 10.6 Å². The number of morpholine rings is 1. The maximum Gasteiger partial charge on any atom is 0.416 e. The van der Waals surface area contributed by atoms with Crippen LogP contribution in [0, 0.1) is 0 Å². The maximum absolute atomic E-state index is 13.3. The van der Waals surface area contributed by atoms with E-state index in [0.29, 0.717) is 49.2 Å². The number of alkyl halides is 3. The Balaban J connectivity index is 1.48. The van der Waals surface area contributed by atoms with Gasteiger partial charge in [0.25, 0.3) is 0 Å². The van der Waals surface area contributed by atoms with Crippen LogP contribution in [-0.2, 0) is 15.7 Å². The molecular weight excluding hydrogens is 447 g/mol. The standard InChI is InChI=1S/C25H24F3N3O3/c26-25(27,28)18-10-11-22(31-12-14-33-15-13-31)21(16-18)30-24(32)17-29-20-8-4-5-9-23(20)34-19-6-2-1-3-7-19/h1-11,16,29H,12-15,17H2,(H,30,32). The number of rotatable bonds is 7. The Labute approximate surface area is 195 Å². The summed E-state index contributed by atoms with van der Waals surface area (Å²) in [6, 6.07) is 19.7. The summed E-state index contributed by atoms with van der Waals surface area (Å²) < 4.78 is 51.1. The third kappa shape index (κ3) is 5.99. The van der Waals surface area contributed by atoms with E-state index in [9.17, 15) is 18.0 Å². The van der Waals surface area contributed by atoms with E-state index >= 15 is 0 Å². The van der Waals surface area contributed by atoms with Gasteiger partial charge < -0.3 is 25.0 Å². The molecule has 0 aliphatic carbocycles. The van der Waals surface area contributed by atoms with Crippen molar-refractivity contribution in [1.82, 2.24) is 0 Å². The lowest BCUT2D eigenvalue weighted by Gasteiger charge is -2.31. The first-order chi connectivity index (χ1) is 16.4. The van der Waals surface area contributed by atoms with Gasteiger partial charge in [-0.15, -0.1) is 0 Å². The van der Waals surface area contributed by atoms with Gasteiger partial charge in [-0.25, -0.2) is 0 Å². The fourth-order valence-corrected chi connectivity index (χ4v) is 3.58. The quantitative estimate of drug-likeness (QED) is 0.484. The van der Waals surface area contributed by atoms with Crippen molar-refractivity contribution in [1.29, 1.82) is 0 Å². The summed E-state index contributed by atoms with van der Waals surface area (Å²) in [5.41, 5.74) is 0.392. The molecule has 0 spiro atoms. The number of hydrogen-bond acceptors (Lipinski definition) is 5. The second kappa shape index (κ2) is 10.5. The van der Waals surface area contributed by atoms with Gasteiger partial charge in [0.05, 0.1) is 42.4 Å². The SMILES string of the molecule is O=C(CNc1ccccc1Oc1ccccc1)Nc1cc(C(F)(F)F)ccc1N1CCOCC1. The van der Waals surface area contributed by atoms with Gasteiger partial charge in [-0.3, -0.25) is 4.79 Å². The topological polar surface area (TPSA) is 62.8 Å². The Morgan fingerprint density at radius 2 is 1.65 bits per heavy atom. The lowest BCUT2D eigenvalue weighted by Crippen LogP contribution is -2.37. The van der Waals surface area contributed by atoms with E-state index in [1.807, 2.05) is 35.2 Å². The first-order valence-electron chi connectivity index (χ1n) is 10.8. The van der Waals surface area contributed by atoms with Crippen LogP contribution in [0.2, 0.25) is 0 Å². The number of nitrogens with one attached hydrogen (secondary N) is 2. The zero-order chi connectivity index (χ0) is 24.0. The van der Waals surface area contributed by atoms with Crippen molar-refractivity contribution < 1.29 is 27.4 Å². The van der Waals surface area contributed by atoms with Gasteiger partial charge in [0.15, 0.2) is 5.75 Å². The van der Waals surface area contributed by atoms with Gasteiger partial charge >= 0.3 is 6.18 Å². The number of carbonyl (C=O) groups excluding carboxylic acids is 1. The van der Waals surface area contributed by atoms with Gasteiger partial charge in [0, 0.05) is 13.1 Å². The zero-order valence-electron chi connectivity index (χ0n) is 18.3. The van der Waals surface area contributed by atoms with E-state index in [-0.39, 0.29) is 12.2 Å². The lowest BCUT2D eigenvalue weighted by molar-refractivity contribution is -0.137. The van der Waals surface area contributed by atoms with Crippen molar-refractivity contribution in [2.24, 2.45) is 0 Å². The van der Waals surface area contributed by atoms with Crippen molar-refractivity contribution in [3.8, 4) is 11.5 Å². The van der Waals surface area contributed by atoms with Crippen LogP contribution in [0.4, 0.5) is 30.2 Å². The summed E-state index contributed by atoms with van der Waals surface area (Å²) in [5.74, 6) is 0.679. The van der Waals surface area contributed by atoms with Crippen LogP contribution in [0.25, 0.3) is 0 Å². The molecule has 0 radical (unpaired) electrons. The fourth-order valence-electron chi connectivity index (χ4n) is 3.58. The highest BCUT2D eigenvalue weighted by Crippen LogP contribution is 2.36. The summed E-state index contributed by atoms with van der Waals surface area (Å²) in [5, 5.41) is 5.64. The first kappa shape index (κ1) is 23.4. The van der Waals surface area contributed by atoms with E-state index in [1.54, 1.807) is 24.3 Å². The summed E-state index contributed by atoms with van der Waals surface area (Å²) in [6.45, 7) is 1.82. The highest BCUT2D eigenvalue weighted by Gasteiger charge is 2.32. The highest BCUT2D eigenvalue weighted by atomic mass is 19.4. The molecule has 0 bridgehead atoms. The first-order valence-corrected chi connectivity index (χ1v) is 10.8. The van der Waals surface area contributed by atoms with Crippen LogP contribution in [0.3, 0.4) is 0 Å². The minimum absolute atomic E-state index is 0.109. The number of carbonyl (C=O) groups is 1. The minimum Gasteiger partial charge on any atom is -0.455 e. The molecular formula is C25H24F3N3O3. The Hall–Kier alpha value is -3.72. The molecule has 34 heavy (non-hydrogen) atoms. The molecule has 0 atom stereocenters. The van der Waals surface area contributed by atoms with Gasteiger partial charge in [-0.1, -0.05) is 30.3 Å². The van der Waals surface area contributed by atoms with Crippen LogP contribution in [-0.4, -0.2) is 38.8 Å². The predicted octanol–water partition coefficient (Wildman–Crippen LogP) is 5.38. The second-order valence-corrected chi connectivity index (χ2v) is 7.64. The number of para-hydroxylation sites is 3. The smallest absolute Gasteiger partial charge is 0.416 e. The summed E-state index contributed by atoms with van der Waals surface area (Å²) >= 11 is 0. The Morgan fingerprint density at radius 3 is 2.38 bits per heavy atom. The highest BCUT2D eigenvalue weighted by molar-refractivity contribution is 5.97. The van der Waals surface area contributed by atoms with E-state index < -0.39 is 17.6 Å². The van der Waals surface area contributed by atoms with Gasteiger partial charge in [0.1, 0.15) is 5.75 Å². The number of amides is 1. The monoisotopic (exact) mass is 471 g/mol. The second-order valence-electron chi connectivity index (χ2n) is 7.64. The van der Waals surface area contributed by atoms with Crippen LogP contribution in [0.5, 0.6) is 11.5 Å². The molecule has 9 heteroatoms. The normalized spacial score (nSPS) is 13.9. The lowest BCUT2D eigenvalue weighted by atomic mass is 10.1. The third-order valence-corrected chi connectivity index (χ3v) is 5.25. The predicted molar refractivity (Wildman–Crippen MR) is 125 cm³/mol. The van der Waals surface area contributed by atoms with Crippen LogP contribution < -0.4 is 20.3 Å². The van der Waals surface area contributed by atoms with Gasteiger partial charge in [-0.05, 0) is 42.5 Å². The van der Waals surface area contributed by atoms with Crippen molar-refractivity contribution in [3.63, 3.8) is 0 Å². The Bertz CT molecular complexity index is 1120. The summed E-state index contributed by atoms with van der Waals surface area (Å²) in [4.78, 5) is 14.6. The molecule has 1 heterocycles. The van der Waals surface area contributed by atoms with E-state index in [0.717, 1.165) is 12.1 Å². The number of ether oxygens (including phenoxy) is 2. The molecule has 2 N–H and O–H groups in total. The number of hydrogen-bond donors (Lipinski definition) is 2. The Morgan fingerprint density at radius 1 is 0.941 bits per heavy atom. The molecule has 1 amide bonds. The molecule has 1 fully saturated rings. The average Bonchev–Trinajstić information content (AvgIpc) is 2.84. The fraction of sp³-hybridized carbons (Fsp3) is 0.240. The van der Waals surface area contributed by atoms with Gasteiger partial charge in [-0.2, -0.15) is 13.2 Å². The number of benzene rings is 3. The number of anilines is 3. The summed E-state index contributed by atoms with van der Waals surface area (Å²) in [6.07, 6.45) is -4.52. The molecule has 1 saturated heterocycles. The maximum atomic E-state index is 13.3. The zero-order valence-corrected chi connectivity index (χ0v) is 18.3. The van der Waals surface area contributed by atoms with E-state index in [1.165, 1.54) is 6.07 Å². The molecule has 3 aromatic carbocycles. The number of halogens is 3. The molecule has 0 saturated carbocycles. The largest absolute Gasteiger partial charge is 0.455 e. The summed E-state index contributed by atoms with van der Waals surface area (Å²) in [7, 11) is 0. The molecule has 4 rings (SSSR count). The molecule has 0 aromatic heterocycles. The van der Waals surface area contributed by atoms with Crippen LogP contribution in [0.15, 0.2) is 72.8 Å². The van der Waals surface area contributed by atoms with Crippen LogP contribution >= 0.6 is 0 Å². The average molecular weight is 471 g/mol. The molecule has 0 unspecified atom stereocenters. The molecule has 6 nitrogen and oxygen atoms in total. The van der Waals surface area contributed by atoms with E-state index in [4.69, 9.17) is 9.47 Å². The number of nitrogens with zero attached hydrogens (tertiary/aromatic N) is 1. The molecule has 3 aromatic rings. The Kier molecular flexibility index (Phi) is 7.22. The molecule has 1 aliphatic rings. The van der Waals surface area contributed by atoms with Crippen molar-refractivity contribution in [2.45, 2.75) is 6.18 Å². The van der Waals surface area contributed by atoms with Gasteiger partial charge in [0.2, 0.25) is 5.91 Å². The molecule has 1 aliphatic heterocycles. The van der Waals surface area contributed by atoms with Crippen molar-refractivity contribution in [3.05, 3.63) is 78.4 Å². The van der Waals surface area contributed by atoms with Crippen molar-refractivity contribution in [2.75, 3.05) is 48.4 Å².